The maximum atomic E-state index is 13.2. The summed E-state index contributed by atoms with van der Waals surface area (Å²) in [5.74, 6) is 0.287. The van der Waals surface area contributed by atoms with Crippen LogP contribution in [-0.4, -0.2) is 35.9 Å². The highest BCUT2D eigenvalue weighted by Crippen LogP contribution is 2.34. The summed E-state index contributed by atoms with van der Waals surface area (Å²) in [5.41, 5.74) is 4.98. The molecule has 1 aliphatic rings. The highest BCUT2D eigenvalue weighted by molar-refractivity contribution is 7.92. The molecular weight excluding hydrogens is 534 g/mol. The molecule has 0 radical (unpaired) electrons. The molecule has 0 saturated heterocycles. The van der Waals surface area contributed by atoms with Gasteiger partial charge in [0.05, 0.1) is 21.4 Å². The number of hydrogen-bond donors (Lipinski definition) is 2. The van der Waals surface area contributed by atoms with Gasteiger partial charge in [0.15, 0.2) is 9.84 Å². The van der Waals surface area contributed by atoms with Crippen molar-refractivity contribution in [2.45, 2.75) is 60.3 Å². The molecular formula is C25H24F6N4O2S. The second-order valence-corrected chi connectivity index (χ2v) is 11.3. The van der Waals surface area contributed by atoms with Crippen molar-refractivity contribution in [1.29, 1.82) is 0 Å². The molecule has 3 aromatic rings. The lowest BCUT2D eigenvalue weighted by molar-refractivity contribution is -0.150. The van der Waals surface area contributed by atoms with Crippen molar-refractivity contribution in [1.82, 2.24) is 9.97 Å². The van der Waals surface area contributed by atoms with E-state index in [9.17, 15) is 34.8 Å². The van der Waals surface area contributed by atoms with Gasteiger partial charge in [0, 0.05) is 18.4 Å². The number of halogens is 6. The number of benzene rings is 1. The summed E-state index contributed by atoms with van der Waals surface area (Å²) in [6.07, 6.45) is -5.47. The summed E-state index contributed by atoms with van der Waals surface area (Å²) in [7, 11) is -3.67. The van der Waals surface area contributed by atoms with Crippen LogP contribution in [0.5, 0.6) is 0 Å². The number of rotatable bonds is 6. The van der Waals surface area contributed by atoms with Crippen molar-refractivity contribution in [3.63, 3.8) is 0 Å². The lowest BCUT2D eigenvalue weighted by Crippen LogP contribution is -2.33. The Morgan fingerprint density at radius 3 is 2.08 bits per heavy atom. The van der Waals surface area contributed by atoms with Gasteiger partial charge >= 0.3 is 12.4 Å². The Morgan fingerprint density at radius 1 is 0.868 bits per heavy atom. The average Bonchev–Trinajstić information content (AvgIpc) is 2.88. The number of nitrogens with zero attached hydrogens (tertiary/aromatic N) is 2. The van der Waals surface area contributed by atoms with E-state index < -0.39 is 39.0 Å². The Kier molecular flexibility index (Phi) is 7.71. The molecule has 2 aromatic heterocycles. The van der Waals surface area contributed by atoms with Crippen LogP contribution in [0, 0.1) is 0 Å². The minimum Gasteiger partial charge on any atom is -0.367 e. The van der Waals surface area contributed by atoms with Crippen LogP contribution >= 0.6 is 0 Å². The summed E-state index contributed by atoms with van der Waals surface area (Å²) in [6, 6.07) is 8.44. The van der Waals surface area contributed by atoms with E-state index in [-0.39, 0.29) is 22.4 Å². The van der Waals surface area contributed by atoms with E-state index in [1.165, 1.54) is 48.7 Å². The molecule has 1 unspecified atom stereocenters. The fraction of sp³-hybridized carbons (Fsp3) is 0.360. The van der Waals surface area contributed by atoms with Crippen LogP contribution in [0.25, 0.3) is 11.1 Å². The second kappa shape index (κ2) is 10.5. The Labute approximate surface area is 215 Å². The third-order valence-corrected chi connectivity index (χ3v) is 8.80. The maximum absolute atomic E-state index is 13.2. The molecule has 0 aliphatic heterocycles. The predicted molar refractivity (Wildman–Crippen MR) is 129 cm³/mol. The third kappa shape index (κ3) is 6.26. The first-order chi connectivity index (χ1) is 17.7. The molecule has 13 heteroatoms. The predicted octanol–water partition coefficient (Wildman–Crippen LogP) is 5.92. The van der Waals surface area contributed by atoms with E-state index in [1.54, 1.807) is 0 Å². The maximum Gasteiger partial charge on any atom is 0.417 e. The SMILES string of the molecule is NC(c1cc(-c2ccc(S(=O)(=O)[C@H]3CC[C@H](Nc4ccc(C(F)(F)F)cn4)CC3)cc2)ccn1)C(F)(F)F. The van der Waals surface area contributed by atoms with E-state index in [2.05, 4.69) is 15.3 Å². The summed E-state index contributed by atoms with van der Waals surface area (Å²) in [4.78, 5) is 7.60. The zero-order valence-electron chi connectivity index (χ0n) is 19.8. The van der Waals surface area contributed by atoms with Gasteiger partial charge in [0.1, 0.15) is 11.9 Å². The van der Waals surface area contributed by atoms with Gasteiger partial charge < -0.3 is 11.1 Å². The third-order valence-electron chi connectivity index (χ3n) is 6.52. The lowest BCUT2D eigenvalue weighted by Gasteiger charge is -2.29. The highest BCUT2D eigenvalue weighted by atomic mass is 32.2. The first-order valence-corrected chi connectivity index (χ1v) is 13.2. The number of pyridine rings is 2. The Bertz CT molecular complexity index is 1350. The Balaban J connectivity index is 1.39. The van der Waals surface area contributed by atoms with Crippen molar-refractivity contribution in [2.24, 2.45) is 5.73 Å². The molecule has 204 valence electrons. The zero-order valence-corrected chi connectivity index (χ0v) is 20.6. The smallest absolute Gasteiger partial charge is 0.367 e. The van der Waals surface area contributed by atoms with Crippen LogP contribution in [-0.2, 0) is 16.0 Å². The van der Waals surface area contributed by atoms with Crippen molar-refractivity contribution >= 4 is 15.7 Å². The van der Waals surface area contributed by atoms with Crippen molar-refractivity contribution in [2.75, 3.05) is 5.32 Å². The molecule has 1 atom stereocenters. The fourth-order valence-electron chi connectivity index (χ4n) is 4.37. The number of anilines is 1. The Morgan fingerprint density at radius 2 is 1.53 bits per heavy atom. The standard InChI is InChI=1S/C25H24F6N4O2S/c26-24(27,28)17-3-10-22(34-14-17)35-18-4-8-20(9-5-18)38(36,37)19-6-1-15(2-7-19)16-11-12-33-21(13-16)23(32)25(29,30)31/h1-3,6-7,10-14,18,20,23H,4-5,8-9,32H2,(H,34,35)/t18-,20-,23?. The Hall–Kier alpha value is -3.19. The van der Waals surface area contributed by atoms with Gasteiger partial charge in [0.2, 0.25) is 0 Å². The zero-order chi connectivity index (χ0) is 27.7. The topological polar surface area (TPSA) is 98.0 Å². The number of hydrogen-bond acceptors (Lipinski definition) is 6. The monoisotopic (exact) mass is 558 g/mol. The molecule has 1 aromatic carbocycles. The van der Waals surface area contributed by atoms with Crippen LogP contribution in [0.2, 0.25) is 0 Å². The minimum atomic E-state index is -4.65. The van der Waals surface area contributed by atoms with Crippen molar-refractivity contribution in [3.8, 4) is 11.1 Å². The summed E-state index contributed by atoms with van der Waals surface area (Å²) < 4.78 is 103. The first-order valence-electron chi connectivity index (χ1n) is 11.7. The molecule has 0 spiro atoms. The molecule has 1 saturated carbocycles. The van der Waals surface area contributed by atoms with Crippen molar-refractivity contribution < 1.29 is 34.8 Å². The summed E-state index contributed by atoms with van der Waals surface area (Å²) >= 11 is 0. The molecule has 0 amide bonds. The van der Waals surface area contributed by atoms with Gasteiger partial charge in [-0.2, -0.15) is 26.3 Å². The van der Waals surface area contributed by atoms with Crippen LogP contribution in [0.3, 0.4) is 0 Å². The van der Waals surface area contributed by atoms with E-state index in [1.807, 2.05) is 0 Å². The van der Waals surface area contributed by atoms with Crippen molar-refractivity contribution in [3.05, 3.63) is 72.2 Å². The van der Waals surface area contributed by atoms with Gasteiger partial charge in [-0.05, 0) is 73.2 Å². The molecule has 38 heavy (non-hydrogen) atoms. The van der Waals surface area contributed by atoms with Gasteiger partial charge in [0.25, 0.3) is 0 Å². The number of nitrogens with two attached hydrogens (primary N) is 1. The van der Waals surface area contributed by atoms with E-state index >= 15 is 0 Å². The highest BCUT2D eigenvalue weighted by Gasteiger charge is 2.39. The van der Waals surface area contributed by atoms with Gasteiger partial charge in [-0.3, -0.25) is 4.98 Å². The number of sulfone groups is 1. The molecule has 2 heterocycles. The van der Waals surface area contributed by atoms with E-state index in [0.29, 0.717) is 36.8 Å². The fourth-order valence-corrected chi connectivity index (χ4v) is 6.16. The normalized spacial score (nSPS) is 19.7. The van der Waals surface area contributed by atoms with Crippen LogP contribution in [0.4, 0.5) is 32.2 Å². The molecule has 1 fully saturated rings. The molecule has 0 bridgehead atoms. The molecule has 1 aliphatic carbocycles. The van der Waals surface area contributed by atoms with Crippen LogP contribution < -0.4 is 11.1 Å². The van der Waals surface area contributed by atoms with Crippen LogP contribution in [0.1, 0.15) is 43.0 Å². The lowest BCUT2D eigenvalue weighted by atomic mass is 9.95. The van der Waals surface area contributed by atoms with E-state index in [0.717, 1.165) is 12.3 Å². The quantitative estimate of drug-likeness (QED) is 0.365. The molecule has 6 nitrogen and oxygen atoms in total. The number of alkyl halides is 6. The summed E-state index contributed by atoms with van der Waals surface area (Å²) in [6.45, 7) is 0. The summed E-state index contributed by atoms with van der Waals surface area (Å²) in [5, 5.41) is 2.43. The van der Waals surface area contributed by atoms with Gasteiger partial charge in [-0.1, -0.05) is 12.1 Å². The average molecular weight is 559 g/mol. The van der Waals surface area contributed by atoms with Gasteiger partial charge in [-0.25, -0.2) is 13.4 Å². The number of nitrogens with one attached hydrogen (secondary N) is 1. The molecule has 4 rings (SSSR count). The first kappa shape index (κ1) is 27.8. The van der Waals surface area contributed by atoms with E-state index in [4.69, 9.17) is 5.73 Å². The number of aromatic nitrogens is 2. The second-order valence-electron chi connectivity index (χ2n) is 9.11. The minimum absolute atomic E-state index is 0.100. The van der Waals surface area contributed by atoms with Gasteiger partial charge in [-0.15, -0.1) is 0 Å². The van der Waals surface area contributed by atoms with Crippen LogP contribution in [0.15, 0.2) is 65.8 Å². The molecule has 3 N–H and O–H groups in total. The largest absolute Gasteiger partial charge is 0.417 e.